The summed E-state index contributed by atoms with van der Waals surface area (Å²) in [5.74, 6) is -1.72. The van der Waals surface area contributed by atoms with E-state index in [1.165, 1.54) is 6.20 Å². The van der Waals surface area contributed by atoms with E-state index in [9.17, 15) is 27.9 Å². The van der Waals surface area contributed by atoms with Crippen molar-refractivity contribution < 1.29 is 23.1 Å². The maximum absolute atomic E-state index is 13.0. The van der Waals surface area contributed by atoms with Gasteiger partial charge in [0.25, 0.3) is 5.91 Å². The molecule has 0 fully saturated rings. The van der Waals surface area contributed by atoms with Crippen LogP contribution in [0.25, 0.3) is 10.9 Å². The summed E-state index contributed by atoms with van der Waals surface area (Å²) in [6, 6.07) is 3.70. The summed E-state index contributed by atoms with van der Waals surface area (Å²) in [7, 11) is -2.13. The Morgan fingerprint density at radius 3 is 2.74 bits per heavy atom. The van der Waals surface area contributed by atoms with Crippen molar-refractivity contribution in [3.8, 4) is 0 Å². The first-order valence-electron chi connectivity index (χ1n) is 11.3. The van der Waals surface area contributed by atoms with E-state index < -0.39 is 39.9 Å². The number of hydrogen-bond donors (Lipinski definition) is 5. The molecule has 35 heavy (non-hydrogen) atoms. The fourth-order valence-electron chi connectivity index (χ4n) is 3.58. The summed E-state index contributed by atoms with van der Waals surface area (Å²) in [5.41, 5.74) is 0.862. The lowest BCUT2D eigenvalue weighted by Gasteiger charge is -2.16. The van der Waals surface area contributed by atoms with Gasteiger partial charge < -0.3 is 25.6 Å². The number of benzene rings is 1. The standard InChI is InChI=1S/C22H30N6O6S/c1-3-4-9-35(33,34)27-17(21(31)32)12-25-20(30)16-13-28(2)18-10-14(5-6-15(18)19(16)29)11-26-22-23-7-8-24-22/h5-6,10,13,17,27H,3-4,7-9,11-12H2,1-2H3,(H,25,30)(H,31,32)(H2,23,24,26). The number of amides is 1. The molecule has 0 radical (unpaired) electrons. The lowest BCUT2D eigenvalue weighted by molar-refractivity contribution is -0.138. The van der Waals surface area contributed by atoms with E-state index in [0.717, 1.165) is 24.6 Å². The van der Waals surface area contributed by atoms with Gasteiger partial charge in [0.2, 0.25) is 15.5 Å². The van der Waals surface area contributed by atoms with E-state index in [4.69, 9.17) is 0 Å². The van der Waals surface area contributed by atoms with Crippen LogP contribution in [0.15, 0.2) is 34.2 Å². The molecule has 1 aliphatic rings. The van der Waals surface area contributed by atoms with Crippen molar-refractivity contribution >= 4 is 38.8 Å². The molecule has 12 nitrogen and oxygen atoms in total. The Morgan fingerprint density at radius 1 is 1.31 bits per heavy atom. The number of carboxylic acids is 1. The molecule has 1 aromatic heterocycles. The largest absolute Gasteiger partial charge is 0.480 e. The molecule has 0 bridgehead atoms. The smallest absolute Gasteiger partial charge is 0.323 e. The number of nitrogens with zero attached hydrogens (tertiary/aromatic N) is 2. The van der Waals surface area contributed by atoms with E-state index >= 15 is 0 Å². The number of fused-ring (bicyclic) bond motifs is 1. The second-order valence-corrected chi connectivity index (χ2v) is 10.1. The minimum absolute atomic E-state index is 0.173. The van der Waals surface area contributed by atoms with Crippen LogP contribution in [0.4, 0.5) is 0 Å². The zero-order chi connectivity index (χ0) is 25.6. The number of aliphatic carboxylic acids is 1. The van der Waals surface area contributed by atoms with Gasteiger partial charge in [-0.1, -0.05) is 19.4 Å². The van der Waals surface area contributed by atoms with Crippen LogP contribution < -0.4 is 26.1 Å². The average molecular weight is 507 g/mol. The third-order valence-electron chi connectivity index (χ3n) is 5.49. The SMILES string of the molecule is CCCCS(=O)(=O)NC(CNC(=O)c1cn(C)c2cc(CNC3=NCCN3)ccc2c1=O)C(=O)O. The third kappa shape index (κ3) is 6.79. The van der Waals surface area contributed by atoms with Gasteiger partial charge in [0.15, 0.2) is 5.96 Å². The molecule has 2 aromatic rings. The molecule has 1 unspecified atom stereocenters. The number of carboxylic acid groups (broad SMARTS) is 1. The highest BCUT2D eigenvalue weighted by molar-refractivity contribution is 7.89. The average Bonchev–Trinajstić information content (AvgIpc) is 3.34. The van der Waals surface area contributed by atoms with Crippen molar-refractivity contribution in [1.82, 2.24) is 25.2 Å². The molecule has 190 valence electrons. The van der Waals surface area contributed by atoms with E-state index in [-0.39, 0.29) is 11.3 Å². The highest BCUT2D eigenvalue weighted by Gasteiger charge is 2.25. The van der Waals surface area contributed by atoms with Gasteiger partial charge in [-0.15, -0.1) is 0 Å². The fraction of sp³-hybridized carbons (Fsp3) is 0.455. The first-order chi connectivity index (χ1) is 16.6. The lowest BCUT2D eigenvalue weighted by Crippen LogP contribution is -2.49. The van der Waals surface area contributed by atoms with Gasteiger partial charge in [0.05, 0.1) is 17.8 Å². The van der Waals surface area contributed by atoms with Crippen LogP contribution in [-0.2, 0) is 28.4 Å². The molecule has 3 rings (SSSR count). The Labute approximate surface area is 202 Å². The van der Waals surface area contributed by atoms with Gasteiger partial charge in [0.1, 0.15) is 11.6 Å². The number of pyridine rings is 1. The second kappa shape index (κ2) is 11.3. The van der Waals surface area contributed by atoms with E-state index in [0.29, 0.717) is 30.3 Å². The first kappa shape index (κ1) is 26.2. The van der Waals surface area contributed by atoms with Gasteiger partial charge in [0, 0.05) is 38.3 Å². The van der Waals surface area contributed by atoms with Gasteiger partial charge in [-0.25, -0.2) is 8.42 Å². The number of aryl methyl sites for hydroxylation is 1. The van der Waals surface area contributed by atoms with E-state index in [1.54, 1.807) is 23.7 Å². The van der Waals surface area contributed by atoms with Crippen LogP contribution in [-0.4, -0.2) is 67.4 Å². The Bertz CT molecular complexity index is 1300. The molecule has 5 N–H and O–H groups in total. The predicted molar refractivity (Wildman–Crippen MR) is 132 cm³/mol. The third-order valence-corrected chi connectivity index (χ3v) is 6.96. The van der Waals surface area contributed by atoms with Gasteiger partial charge in [-0.3, -0.25) is 19.4 Å². The topological polar surface area (TPSA) is 171 Å². The number of nitrogens with one attached hydrogen (secondary N) is 4. The quantitative estimate of drug-likeness (QED) is 0.271. The van der Waals surface area contributed by atoms with Gasteiger partial charge >= 0.3 is 5.97 Å². The summed E-state index contributed by atoms with van der Waals surface area (Å²) in [4.78, 5) is 41.5. The molecule has 1 atom stereocenters. The molecule has 1 amide bonds. The van der Waals surface area contributed by atoms with Crippen molar-refractivity contribution in [2.75, 3.05) is 25.4 Å². The normalized spacial score (nSPS) is 14.3. The molecule has 0 saturated heterocycles. The van der Waals surface area contributed by atoms with Crippen molar-refractivity contribution in [2.24, 2.45) is 12.0 Å². The Morgan fingerprint density at radius 2 is 2.09 bits per heavy atom. The number of rotatable bonds is 11. The minimum atomic E-state index is -3.82. The van der Waals surface area contributed by atoms with E-state index in [2.05, 4.69) is 25.7 Å². The molecule has 2 heterocycles. The number of sulfonamides is 1. The van der Waals surface area contributed by atoms with Crippen LogP contribution in [0.2, 0.25) is 0 Å². The summed E-state index contributed by atoms with van der Waals surface area (Å²) in [5, 5.41) is 18.4. The maximum Gasteiger partial charge on any atom is 0.323 e. The van der Waals surface area contributed by atoms with Crippen LogP contribution in [0.3, 0.4) is 0 Å². The van der Waals surface area contributed by atoms with Gasteiger partial charge in [-0.05, 0) is 24.1 Å². The zero-order valence-electron chi connectivity index (χ0n) is 19.6. The number of hydrogen-bond acceptors (Lipinski definition) is 8. The molecule has 13 heteroatoms. The Kier molecular flexibility index (Phi) is 8.46. The summed E-state index contributed by atoms with van der Waals surface area (Å²) in [6.45, 7) is 3.32. The number of carbonyl (C=O) groups excluding carboxylic acids is 1. The molecule has 1 aliphatic heterocycles. The molecule has 0 aliphatic carbocycles. The highest BCUT2D eigenvalue weighted by atomic mass is 32.2. The number of unbranched alkanes of at least 4 members (excludes halogenated alkanes) is 1. The van der Waals surface area contributed by atoms with Crippen molar-refractivity contribution in [3.05, 3.63) is 45.7 Å². The zero-order valence-corrected chi connectivity index (χ0v) is 20.4. The predicted octanol–water partition coefficient (Wildman–Crippen LogP) is -0.510. The monoisotopic (exact) mass is 506 g/mol. The number of aliphatic imine (C=N–C) groups is 1. The molecule has 0 saturated carbocycles. The number of carbonyl (C=O) groups is 2. The van der Waals surface area contributed by atoms with E-state index in [1.807, 2.05) is 13.0 Å². The fourth-order valence-corrected chi connectivity index (χ4v) is 4.99. The summed E-state index contributed by atoms with van der Waals surface area (Å²) < 4.78 is 27.8. The minimum Gasteiger partial charge on any atom is -0.480 e. The molecular weight excluding hydrogens is 476 g/mol. The highest BCUT2D eigenvalue weighted by Crippen LogP contribution is 2.14. The summed E-state index contributed by atoms with van der Waals surface area (Å²) >= 11 is 0. The molecule has 1 aromatic carbocycles. The molecule has 0 spiro atoms. The van der Waals surface area contributed by atoms with Gasteiger partial charge in [-0.2, -0.15) is 4.72 Å². The van der Waals surface area contributed by atoms with Crippen molar-refractivity contribution in [3.63, 3.8) is 0 Å². The number of guanidine groups is 1. The lowest BCUT2D eigenvalue weighted by atomic mass is 10.1. The van der Waals surface area contributed by atoms with Crippen molar-refractivity contribution in [2.45, 2.75) is 32.4 Å². The Hall–Kier alpha value is -3.45. The molecular formula is C22H30N6O6S. The van der Waals surface area contributed by atoms with Crippen LogP contribution >= 0.6 is 0 Å². The second-order valence-electron chi connectivity index (χ2n) is 8.24. The number of aromatic nitrogens is 1. The van der Waals surface area contributed by atoms with Crippen molar-refractivity contribution in [1.29, 1.82) is 0 Å². The maximum atomic E-state index is 13.0. The van der Waals surface area contributed by atoms with Crippen LogP contribution in [0.5, 0.6) is 0 Å². The summed E-state index contributed by atoms with van der Waals surface area (Å²) in [6.07, 6.45) is 2.39. The van der Waals surface area contributed by atoms with Crippen LogP contribution in [0.1, 0.15) is 35.7 Å². The first-order valence-corrected chi connectivity index (χ1v) is 12.9. The van der Waals surface area contributed by atoms with Crippen LogP contribution in [0, 0.1) is 0 Å². The Balaban J connectivity index is 1.73.